The van der Waals surface area contributed by atoms with Crippen LogP contribution in [0.4, 0.5) is 11.4 Å². The molecule has 0 radical (unpaired) electrons. The Balaban J connectivity index is 1.71. The number of para-hydroxylation sites is 3. The van der Waals surface area contributed by atoms with Crippen molar-refractivity contribution in [2.75, 3.05) is 16.8 Å². The molecule has 1 unspecified atom stereocenters. The highest BCUT2D eigenvalue weighted by Gasteiger charge is 2.25. The molecule has 1 aliphatic rings. The third-order valence-corrected chi connectivity index (χ3v) is 3.95. The first-order valence-electron chi connectivity index (χ1n) is 8.07. The number of ether oxygens (including phenoxy) is 1. The smallest absolute Gasteiger partial charge is 0.265 e. The highest BCUT2D eigenvalue weighted by Crippen LogP contribution is 2.29. The summed E-state index contributed by atoms with van der Waals surface area (Å²) >= 11 is 0. The summed E-state index contributed by atoms with van der Waals surface area (Å²) < 4.78 is 5.64. The molecule has 5 heteroatoms. The Morgan fingerprint density at radius 3 is 2.54 bits per heavy atom. The molecule has 2 amide bonds. The number of carbonyl (C=O) groups is 2. The second kappa shape index (κ2) is 7.17. The molecule has 1 atom stereocenters. The number of nitrogens with one attached hydrogen (secondary N) is 1. The minimum absolute atomic E-state index is 0.0882. The Kier molecular flexibility index (Phi) is 4.79. The Labute approximate surface area is 141 Å². The number of amides is 2. The average Bonchev–Trinajstić information content (AvgIpc) is 3.02. The molecule has 124 valence electrons. The number of anilines is 2. The lowest BCUT2D eigenvalue weighted by molar-refractivity contribution is -0.122. The maximum Gasteiger partial charge on any atom is 0.265 e. The van der Waals surface area contributed by atoms with Gasteiger partial charge in [0.15, 0.2) is 6.10 Å². The minimum Gasteiger partial charge on any atom is -0.481 e. The van der Waals surface area contributed by atoms with E-state index < -0.39 is 6.10 Å². The van der Waals surface area contributed by atoms with E-state index in [1.165, 1.54) is 0 Å². The third-order valence-electron chi connectivity index (χ3n) is 3.95. The Bertz CT molecular complexity index is 730. The minimum atomic E-state index is -0.644. The summed E-state index contributed by atoms with van der Waals surface area (Å²) in [4.78, 5) is 26.1. The van der Waals surface area contributed by atoms with E-state index in [0.717, 1.165) is 12.1 Å². The van der Waals surface area contributed by atoms with Crippen LogP contribution in [0.3, 0.4) is 0 Å². The molecule has 1 N–H and O–H groups in total. The van der Waals surface area contributed by atoms with E-state index in [1.807, 2.05) is 36.4 Å². The van der Waals surface area contributed by atoms with Crippen LogP contribution in [-0.2, 0) is 9.59 Å². The van der Waals surface area contributed by atoms with E-state index in [2.05, 4.69) is 5.32 Å². The van der Waals surface area contributed by atoms with E-state index >= 15 is 0 Å². The number of carbonyl (C=O) groups excluding carboxylic acids is 2. The van der Waals surface area contributed by atoms with E-state index in [-0.39, 0.29) is 11.8 Å². The molecule has 2 aromatic carbocycles. The summed E-state index contributed by atoms with van der Waals surface area (Å²) in [6.07, 6.45) is 0.750. The van der Waals surface area contributed by atoms with Gasteiger partial charge < -0.3 is 15.0 Å². The molecule has 0 aromatic heterocycles. The van der Waals surface area contributed by atoms with Gasteiger partial charge in [-0.15, -0.1) is 0 Å². The Hall–Kier alpha value is -2.82. The zero-order chi connectivity index (χ0) is 16.9. The van der Waals surface area contributed by atoms with Gasteiger partial charge in [-0.25, -0.2) is 0 Å². The predicted molar refractivity (Wildman–Crippen MR) is 93.2 cm³/mol. The molecule has 0 aliphatic carbocycles. The molecule has 24 heavy (non-hydrogen) atoms. The summed E-state index contributed by atoms with van der Waals surface area (Å²) in [5.74, 6) is 0.478. The summed E-state index contributed by atoms with van der Waals surface area (Å²) in [5.41, 5.74) is 1.36. The molecule has 3 rings (SSSR count). The van der Waals surface area contributed by atoms with Gasteiger partial charge >= 0.3 is 0 Å². The SMILES string of the molecule is CC(Oc1ccccc1)C(=O)Nc1ccccc1N1CCCC1=O. The number of nitrogens with zero attached hydrogens (tertiary/aromatic N) is 1. The van der Waals surface area contributed by atoms with Crippen LogP contribution in [0.1, 0.15) is 19.8 Å². The van der Waals surface area contributed by atoms with Crippen molar-refractivity contribution >= 4 is 23.2 Å². The quantitative estimate of drug-likeness (QED) is 0.918. The van der Waals surface area contributed by atoms with Crippen molar-refractivity contribution in [1.29, 1.82) is 0 Å². The van der Waals surface area contributed by atoms with Crippen LogP contribution in [0.2, 0.25) is 0 Å². The zero-order valence-electron chi connectivity index (χ0n) is 13.6. The van der Waals surface area contributed by atoms with E-state index in [4.69, 9.17) is 4.74 Å². The van der Waals surface area contributed by atoms with E-state index in [9.17, 15) is 9.59 Å². The number of hydrogen-bond acceptors (Lipinski definition) is 3. The van der Waals surface area contributed by atoms with Gasteiger partial charge in [-0.2, -0.15) is 0 Å². The van der Waals surface area contributed by atoms with Crippen LogP contribution >= 0.6 is 0 Å². The van der Waals surface area contributed by atoms with Gasteiger partial charge in [-0.1, -0.05) is 30.3 Å². The molecule has 1 aliphatic heterocycles. The molecule has 1 heterocycles. The lowest BCUT2D eigenvalue weighted by Gasteiger charge is -2.21. The lowest BCUT2D eigenvalue weighted by Crippen LogP contribution is -2.31. The molecular weight excluding hydrogens is 304 g/mol. The van der Waals surface area contributed by atoms with Crippen LogP contribution in [-0.4, -0.2) is 24.5 Å². The van der Waals surface area contributed by atoms with Gasteiger partial charge in [-0.05, 0) is 37.6 Å². The van der Waals surface area contributed by atoms with E-state index in [1.54, 1.807) is 30.0 Å². The zero-order valence-corrected chi connectivity index (χ0v) is 13.6. The molecule has 1 fully saturated rings. The highest BCUT2D eigenvalue weighted by atomic mass is 16.5. The number of hydrogen-bond donors (Lipinski definition) is 1. The average molecular weight is 324 g/mol. The van der Waals surface area contributed by atoms with Crippen molar-refractivity contribution in [2.45, 2.75) is 25.9 Å². The number of rotatable bonds is 5. The van der Waals surface area contributed by atoms with Crippen LogP contribution in [0.5, 0.6) is 5.75 Å². The van der Waals surface area contributed by atoms with Gasteiger partial charge in [0, 0.05) is 13.0 Å². The topological polar surface area (TPSA) is 58.6 Å². The fraction of sp³-hybridized carbons (Fsp3) is 0.263. The second-order valence-electron chi connectivity index (χ2n) is 5.73. The fourth-order valence-corrected chi connectivity index (χ4v) is 2.71. The molecule has 1 saturated heterocycles. The van der Waals surface area contributed by atoms with Crippen LogP contribution in [0, 0.1) is 0 Å². The van der Waals surface area contributed by atoms with Crippen molar-refractivity contribution < 1.29 is 14.3 Å². The third kappa shape index (κ3) is 3.56. The summed E-state index contributed by atoms with van der Waals surface area (Å²) in [6, 6.07) is 16.6. The molecule has 0 spiro atoms. The van der Waals surface area contributed by atoms with Gasteiger partial charge in [0.2, 0.25) is 5.91 Å². The standard InChI is InChI=1S/C19H20N2O3/c1-14(24-15-8-3-2-4-9-15)19(23)20-16-10-5-6-11-17(16)21-13-7-12-18(21)22/h2-6,8-11,14H,7,12-13H2,1H3,(H,20,23). The van der Waals surface area contributed by atoms with Crippen molar-refractivity contribution in [2.24, 2.45) is 0 Å². The summed E-state index contributed by atoms with van der Waals surface area (Å²) in [7, 11) is 0. The summed E-state index contributed by atoms with van der Waals surface area (Å²) in [5, 5.41) is 2.87. The van der Waals surface area contributed by atoms with Gasteiger partial charge in [-0.3, -0.25) is 9.59 Å². The lowest BCUT2D eigenvalue weighted by atomic mass is 10.2. The molecule has 5 nitrogen and oxygen atoms in total. The maximum absolute atomic E-state index is 12.4. The molecular formula is C19H20N2O3. The first-order valence-corrected chi connectivity index (χ1v) is 8.07. The molecule has 2 aromatic rings. The Morgan fingerprint density at radius 1 is 1.12 bits per heavy atom. The van der Waals surface area contributed by atoms with Crippen LogP contribution < -0.4 is 15.0 Å². The Morgan fingerprint density at radius 2 is 1.83 bits per heavy atom. The second-order valence-corrected chi connectivity index (χ2v) is 5.73. The van der Waals surface area contributed by atoms with Crippen molar-refractivity contribution in [1.82, 2.24) is 0 Å². The maximum atomic E-state index is 12.4. The van der Waals surface area contributed by atoms with E-state index in [0.29, 0.717) is 24.4 Å². The van der Waals surface area contributed by atoms with Crippen molar-refractivity contribution in [3.8, 4) is 5.75 Å². The van der Waals surface area contributed by atoms with Gasteiger partial charge in [0.25, 0.3) is 5.91 Å². The summed E-state index contributed by atoms with van der Waals surface area (Å²) in [6.45, 7) is 2.38. The van der Waals surface area contributed by atoms with Gasteiger partial charge in [0.1, 0.15) is 5.75 Å². The largest absolute Gasteiger partial charge is 0.481 e. The van der Waals surface area contributed by atoms with Crippen LogP contribution in [0.15, 0.2) is 54.6 Å². The van der Waals surface area contributed by atoms with Crippen molar-refractivity contribution in [3.63, 3.8) is 0 Å². The molecule has 0 bridgehead atoms. The first-order chi connectivity index (χ1) is 11.6. The number of benzene rings is 2. The predicted octanol–water partition coefficient (Wildman–Crippen LogP) is 3.22. The monoisotopic (exact) mass is 324 g/mol. The molecule has 0 saturated carbocycles. The van der Waals surface area contributed by atoms with Crippen LogP contribution in [0.25, 0.3) is 0 Å². The van der Waals surface area contributed by atoms with Crippen molar-refractivity contribution in [3.05, 3.63) is 54.6 Å². The van der Waals surface area contributed by atoms with Gasteiger partial charge in [0.05, 0.1) is 11.4 Å². The fourth-order valence-electron chi connectivity index (χ4n) is 2.71. The normalized spacial score (nSPS) is 15.2. The first kappa shape index (κ1) is 16.1. The highest BCUT2D eigenvalue weighted by molar-refractivity contribution is 6.03.